The summed E-state index contributed by atoms with van der Waals surface area (Å²) < 4.78 is 32.0. The maximum Gasteiger partial charge on any atom is 0.334 e. The highest BCUT2D eigenvalue weighted by Crippen LogP contribution is 2.38. The second-order valence-electron chi connectivity index (χ2n) is 3.05. The molecule has 2 N–H and O–H groups in total. The summed E-state index contributed by atoms with van der Waals surface area (Å²) in [5, 5.41) is 3.23. The van der Waals surface area contributed by atoms with E-state index in [1.807, 2.05) is 0 Å². The van der Waals surface area contributed by atoms with Crippen molar-refractivity contribution >= 4 is 5.69 Å². The van der Waals surface area contributed by atoms with Gasteiger partial charge in [-0.15, -0.1) is 0 Å². The van der Waals surface area contributed by atoms with Crippen molar-refractivity contribution in [3.05, 3.63) is 47.9 Å². The summed E-state index contributed by atoms with van der Waals surface area (Å²) >= 11 is 0. The molecule has 0 spiro atoms. The lowest BCUT2D eigenvalue weighted by atomic mass is 10.1. The molecule has 0 saturated carbocycles. The number of rotatable bonds is 2. The highest BCUT2D eigenvalue weighted by molar-refractivity contribution is 5.44. The minimum atomic E-state index is -3.25. The molecule has 1 aromatic heterocycles. The Labute approximate surface area is 84.5 Å². The number of halogens is 2. The van der Waals surface area contributed by atoms with Crippen LogP contribution < -0.4 is 5.73 Å². The third-order valence-corrected chi connectivity index (χ3v) is 2.02. The van der Waals surface area contributed by atoms with Crippen molar-refractivity contribution in [1.82, 2.24) is 5.16 Å². The van der Waals surface area contributed by atoms with Gasteiger partial charge in [0.15, 0.2) is 0 Å². The lowest BCUT2D eigenvalue weighted by Crippen LogP contribution is -2.15. The predicted octanol–water partition coefficient (Wildman–Crippen LogP) is 2.40. The van der Waals surface area contributed by atoms with Crippen LogP contribution in [0.2, 0.25) is 0 Å². The first-order chi connectivity index (χ1) is 7.12. The molecule has 5 heteroatoms. The van der Waals surface area contributed by atoms with Gasteiger partial charge in [0, 0.05) is 5.56 Å². The van der Waals surface area contributed by atoms with Crippen molar-refractivity contribution in [2.75, 3.05) is 5.73 Å². The normalized spacial score (nSPS) is 11.6. The van der Waals surface area contributed by atoms with Crippen molar-refractivity contribution in [3.63, 3.8) is 0 Å². The third kappa shape index (κ3) is 1.56. The molecular weight excluding hydrogens is 202 g/mol. The molecule has 0 bridgehead atoms. The first kappa shape index (κ1) is 9.64. The number of hydrogen-bond donors (Lipinski definition) is 1. The second kappa shape index (κ2) is 3.34. The van der Waals surface area contributed by atoms with Crippen LogP contribution in [0.1, 0.15) is 11.3 Å². The van der Waals surface area contributed by atoms with Gasteiger partial charge in [0.05, 0.1) is 6.20 Å². The lowest BCUT2D eigenvalue weighted by Gasteiger charge is -2.13. The van der Waals surface area contributed by atoms with Crippen LogP contribution in [-0.2, 0) is 5.92 Å². The van der Waals surface area contributed by atoms with E-state index in [1.165, 1.54) is 24.3 Å². The number of benzene rings is 1. The number of nitrogens with zero attached hydrogens (tertiary/aromatic N) is 1. The quantitative estimate of drug-likeness (QED) is 0.827. The van der Waals surface area contributed by atoms with E-state index >= 15 is 0 Å². The average molecular weight is 210 g/mol. The fourth-order valence-corrected chi connectivity index (χ4v) is 1.26. The summed E-state index contributed by atoms with van der Waals surface area (Å²) in [6.45, 7) is 0. The van der Waals surface area contributed by atoms with Gasteiger partial charge in [-0.3, -0.25) is 0 Å². The van der Waals surface area contributed by atoms with Crippen LogP contribution in [0.5, 0.6) is 0 Å². The van der Waals surface area contributed by atoms with E-state index in [9.17, 15) is 8.78 Å². The van der Waals surface area contributed by atoms with E-state index < -0.39 is 11.7 Å². The molecule has 1 aromatic carbocycles. The van der Waals surface area contributed by atoms with Gasteiger partial charge in [-0.1, -0.05) is 35.5 Å². The van der Waals surface area contributed by atoms with Gasteiger partial charge < -0.3 is 10.3 Å². The number of nitrogen functional groups attached to an aromatic ring is 1. The highest BCUT2D eigenvalue weighted by Gasteiger charge is 2.40. The molecule has 0 unspecified atom stereocenters. The Hall–Kier alpha value is -1.91. The second-order valence-corrected chi connectivity index (χ2v) is 3.05. The van der Waals surface area contributed by atoms with Crippen LogP contribution in [-0.4, -0.2) is 5.16 Å². The lowest BCUT2D eigenvalue weighted by molar-refractivity contribution is 0.0141. The van der Waals surface area contributed by atoms with Crippen molar-refractivity contribution in [1.29, 1.82) is 0 Å². The van der Waals surface area contributed by atoms with E-state index in [0.717, 1.165) is 6.20 Å². The van der Waals surface area contributed by atoms with Gasteiger partial charge in [0.25, 0.3) is 0 Å². The predicted molar refractivity (Wildman–Crippen MR) is 50.4 cm³/mol. The van der Waals surface area contributed by atoms with Crippen LogP contribution in [0.4, 0.5) is 14.5 Å². The van der Waals surface area contributed by atoms with E-state index in [0.29, 0.717) is 0 Å². The zero-order valence-electron chi connectivity index (χ0n) is 7.65. The molecule has 2 aromatic rings. The van der Waals surface area contributed by atoms with E-state index in [4.69, 9.17) is 5.73 Å². The van der Waals surface area contributed by atoms with Gasteiger partial charge in [0.2, 0.25) is 5.76 Å². The SMILES string of the molecule is Nc1cnoc1C(F)(F)c1ccccc1. The van der Waals surface area contributed by atoms with Crippen molar-refractivity contribution in [2.45, 2.75) is 5.92 Å². The molecule has 0 radical (unpaired) electrons. The first-order valence-electron chi connectivity index (χ1n) is 4.26. The van der Waals surface area contributed by atoms with E-state index in [1.54, 1.807) is 6.07 Å². The van der Waals surface area contributed by atoms with Crippen LogP contribution >= 0.6 is 0 Å². The Balaban J connectivity index is 2.48. The topological polar surface area (TPSA) is 52.0 Å². The fraction of sp³-hybridized carbons (Fsp3) is 0.100. The zero-order valence-corrected chi connectivity index (χ0v) is 7.65. The smallest absolute Gasteiger partial charge is 0.334 e. The summed E-state index contributed by atoms with van der Waals surface area (Å²) in [6, 6.07) is 7.32. The van der Waals surface area contributed by atoms with Gasteiger partial charge in [0.1, 0.15) is 5.69 Å². The molecule has 1 heterocycles. The van der Waals surface area contributed by atoms with E-state index in [2.05, 4.69) is 9.68 Å². The Morgan fingerprint density at radius 1 is 1.20 bits per heavy atom. The van der Waals surface area contributed by atoms with Crippen molar-refractivity contribution in [2.24, 2.45) is 0 Å². The maximum absolute atomic E-state index is 13.8. The molecule has 78 valence electrons. The summed E-state index contributed by atoms with van der Waals surface area (Å²) in [5.74, 6) is -3.87. The van der Waals surface area contributed by atoms with Crippen LogP contribution in [0.25, 0.3) is 0 Å². The summed E-state index contributed by atoms with van der Waals surface area (Å²) in [7, 11) is 0. The Morgan fingerprint density at radius 3 is 2.40 bits per heavy atom. The van der Waals surface area contributed by atoms with Crippen LogP contribution in [0.3, 0.4) is 0 Å². The Morgan fingerprint density at radius 2 is 1.87 bits per heavy atom. The minimum absolute atomic E-state index is 0.149. The molecule has 0 fully saturated rings. The first-order valence-corrected chi connectivity index (χ1v) is 4.26. The molecule has 0 aliphatic rings. The monoisotopic (exact) mass is 210 g/mol. The molecule has 0 atom stereocenters. The molecule has 0 aliphatic heterocycles. The molecule has 0 aliphatic carbocycles. The third-order valence-electron chi connectivity index (χ3n) is 2.02. The highest BCUT2D eigenvalue weighted by atomic mass is 19.3. The number of anilines is 1. The molecule has 15 heavy (non-hydrogen) atoms. The average Bonchev–Trinajstić information content (AvgIpc) is 2.66. The Kier molecular flexibility index (Phi) is 2.15. The van der Waals surface area contributed by atoms with Crippen LogP contribution in [0, 0.1) is 0 Å². The fourth-order valence-electron chi connectivity index (χ4n) is 1.26. The number of nitrogens with two attached hydrogens (primary N) is 1. The maximum atomic E-state index is 13.8. The van der Waals surface area contributed by atoms with Crippen molar-refractivity contribution in [3.8, 4) is 0 Å². The van der Waals surface area contributed by atoms with Crippen molar-refractivity contribution < 1.29 is 13.3 Å². The van der Waals surface area contributed by atoms with Gasteiger partial charge in [-0.05, 0) is 0 Å². The van der Waals surface area contributed by atoms with Gasteiger partial charge in [-0.2, -0.15) is 8.78 Å². The molecule has 0 saturated heterocycles. The Bertz CT molecular complexity index is 453. The molecule has 0 amide bonds. The minimum Gasteiger partial charge on any atom is -0.394 e. The molecule has 2 rings (SSSR count). The summed E-state index contributed by atoms with van der Waals surface area (Å²) in [4.78, 5) is 0. The van der Waals surface area contributed by atoms with E-state index in [-0.39, 0.29) is 11.3 Å². The summed E-state index contributed by atoms with van der Waals surface area (Å²) in [5.41, 5.74) is 5.01. The standard InChI is InChI=1S/C10H8F2N2O/c11-10(12,7-4-2-1-3-5-7)9-8(13)6-14-15-9/h1-6H,13H2. The largest absolute Gasteiger partial charge is 0.394 e. The van der Waals surface area contributed by atoms with Gasteiger partial charge >= 0.3 is 5.92 Å². The molecular formula is C10H8F2N2O. The number of alkyl halides is 2. The number of hydrogen-bond acceptors (Lipinski definition) is 3. The molecule has 3 nitrogen and oxygen atoms in total. The zero-order chi connectivity index (χ0) is 10.9. The van der Waals surface area contributed by atoms with Crippen LogP contribution in [0.15, 0.2) is 41.1 Å². The number of aromatic nitrogens is 1. The van der Waals surface area contributed by atoms with Gasteiger partial charge in [-0.25, -0.2) is 0 Å². The summed E-state index contributed by atoms with van der Waals surface area (Å²) in [6.07, 6.45) is 1.06.